The molecule has 3 heterocycles. The molecule has 2 aromatic rings. The molecule has 1 fully saturated rings. The van der Waals surface area contributed by atoms with Crippen molar-refractivity contribution in [2.75, 3.05) is 12.3 Å². The smallest absolute Gasteiger partial charge is 0.280 e. The van der Waals surface area contributed by atoms with Gasteiger partial charge in [0.2, 0.25) is 5.95 Å². The summed E-state index contributed by atoms with van der Waals surface area (Å²) >= 11 is 0. The van der Waals surface area contributed by atoms with E-state index in [1.165, 1.54) is 0 Å². The lowest BCUT2D eigenvalue weighted by molar-refractivity contribution is -0.0511. The number of H-pyrrole nitrogens is 1. The van der Waals surface area contributed by atoms with Gasteiger partial charge in [-0.05, 0) is 0 Å². The van der Waals surface area contributed by atoms with Crippen LogP contribution in [0.4, 0.5) is 5.95 Å². The van der Waals surface area contributed by atoms with Gasteiger partial charge in [0.15, 0.2) is 17.4 Å². The van der Waals surface area contributed by atoms with Crippen LogP contribution in [0.3, 0.4) is 0 Å². The van der Waals surface area contributed by atoms with E-state index >= 15 is 0 Å². The number of imidazole rings is 1. The summed E-state index contributed by atoms with van der Waals surface area (Å²) < 4.78 is 35.8. The fourth-order valence-corrected chi connectivity index (χ4v) is 1.94. The zero-order valence-electron chi connectivity index (χ0n) is 13.8. The molecule has 4 atom stereocenters. The van der Waals surface area contributed by atoms with Crippen molar-refractivity contribution in [3.05, 3.63) is 16.7 Å². The van der Waals surface area contributed by atoms with Gasteiger partial charge in [0.1, 0.15) is 18.3 Å². The van der Waals surface area contributed by atoms with Crippen LogP contribution >= 0.6 is 0 Å². The van der Waals surface area contributed by atoms with Crippen molar-refractivity contribution in [1.82, 2.24) is 19.5 Å². The second-order valence-electron chi connectivity index (χ2n) is 4.05. The molecule has 0 radical (unpaired) electrons. The van der Waals surface area contributed by atoms with E-state index in [2.05, 4.69) is 15.0 Å². The van der Waals surface area contributed by atoms with Crippen molar-refractivity contribution in [2.45, 2.75) is 24.5 Å². The lowest BCUT2D eigenvalue weighted by atomic mass is 10.1. The first kappa shape index (κ1) is 9.02. The summed E-state index contributed by atoms with van der Waals surface area (Å²) in [5.74, 6) is -0.280. The molecule has 0 aliphatic carbocycles. The van der Waals surface area contributed by atoms with E-state index in [0.717, 1.165) is 10.9 Å². The van der Waals surface area contributed by atoms with Crippen molar-refractivity contribution < 1.29 is 25.5 Å². The van der Waals surface area contributed by atoms with Gasteiger partial charge in [0.05, 0.1) is 18.4 Å². The van der Waals surface area contributed by atoms with Crippen molar-refractivity contribution in [1.29, 1.82) is 0 Å². The van der Waals surface area contributed by atoms with Crippen molar-refractivity contribution in [3.8, 4) is 0 Å². The highest BCUT2D eigenvalue weighted by molar-refractivity contribution is 5.70. The van der Waals surface area contributed by atoms with Gasteiger partial charge in [0, 0.05) is 0 Å². The Morgan fingerprint density at radius 2 is 2.40 bits per heavy atom. The van der Waals surface area contributed by atoms with E-state index in [0.29, 0.717) is 0 Å². The van der Waals surface area contributed by atoms with Crippen LogP contribution in [0.1, 0.15) is 11.7 Å². The highest BCUT2D eigenvalue weighted by atomic mass is 16.6. The number of nitrogens with one attached hydrogen (secondary N) is 1. The molecule has 0 aromatic carbocycles. The van der Waals surface area contributed by atoms with Gasteiger partial charge in [-0.25, -0.2) is 4.98 Å². The average Bonchev–Trinajstić information content (AvgIpc) is 2.92. The lowest BCUT2D eigenvalue weighted by Gasteiger charge is -2.16. The quantitative estimate of drug-likeness (QED) is 0.399. The van der Waals surface area contributed by atoms with Crippen molar-refractivity contribution in [3.63, 3.8) is 0 Å². The molecule has 10 heteroatoms. The van der Waals surface area contributed by atoms with E-state index in [-0.39, 0.29) is 17.1 Å². The van der Waals surface area contributed by atoms with Gasteiger partial charge >= 0.3 is 0 Å². The Bertz CT molecular complexity index is 863. The number of rotatable bonds is 2. The molecule has 0 unspecified atom stereocenters. The van der Waals surface area contributed by atoms with Crippen LogP contribution in [-0.4, -0.2) is 59.7 Å². The Hall–Kier alpha value is -2.01. The molecule has 0 amide bonds. The first-order valence-corrected chi connectivity index (χ1v) is 5.43. The van der Waals surface area contributed by atoms with E-state index in [1.54, 1.807) is 0 Å². The SMILES string of the molecule is [2H]C([2H])(O)[C@@]1([2H])O[C@@H](n2cnc3c(=O)[nH]c(N)nc32)[C@H](O)[C@]1([2H])O. The molecule has 108 valence electrons. The summed E-state index contributed by atoms with van der Waals surface area (Å²) in [6.07, 6.45) is -9.40. The minimum Gasteiger partial charge on any atom is -0.394 e. The Labute approximate surface area is 117 Å². The predicted molar refractivity (Wildman–Crippen MR) is 65.6 cm³/mol. The Morgan fingerprint density at radius 1 is 1.65 bits per heavy atom. The van der Waals surface area contributed by atoms with Gasteiger partial charge in [-0.15, -0.1) is 0 Å². The third-order valence-corrected chi connectivity index (χ3v) is 2.85. The zero-order chi connectivity index (χ0) is 18.1. The number of fused-ring (bicyclic) bond motifs is 1. The normalized spacial score (nSPS) is 41.1. The van der Waals surface area contributed by atoms with E-state index in [1.807, 2.05) is 0 Å². The third kappa shape index (κ3) is 1.78. The molecule has 0 bridgehead atoms. The minimum atomic E-state index is -3.49. The number of aliphatic hydroxyl groups is 3. The van der Waals surface area contributed by atoms with Gasteiger partial charge in [0.25, 0.3) is 5.56 Å². The number of aliphatic hydroxyl groups excluding tert-OH is 1. The van der Waals surface area contributed by atoms with Crippen LogP contribution < -0.4 is 11.3 Å². The molecule has 1 aliphatic heterocycles. The fourth-order valence-electron chi connectivity index (χ4n) is 1.94. The summed E-state index contributed by atoms with van der Waals surface area (Å²) in [4.78, 5) is 21.5. The van der Waals surface area contributed by atoms with E-state index in [4.69, 9.17) is 16.0 Å². The molecular weight excluding hydrogens is 270 g/mol. The largest absolute Gasteiger partial charge is 0.394 e. The monoisotopic (exact) mass is 287 g/mol. The van der Waals surface area contributed by atoms with Crippen molar-refractivity contribution in [2.24, 2.45) is 0 Å². The number of nitrogen functional groups attached to an aromatic ring is 1. The summed E-state index contributed by atoms with van der Waals surface area (Å²) in [5, 5.41) is 29.6. The zero-order valence-corrected chi connectivity index (χ0v) is 9.81. The summed E-state index contributed by atoms with van der Waals surface area (Å²) in [7, 11) is 0. The Morgan fingerprint density at radius 3 is 3.05 bits per heavy atom. The number of hydrogen-bond donors (Lipinski definition) is 5. The number of nitrogens with two attached hydrogens (primary N) is 1. The van der Waals surface area contributed by atoms with Gasteiger partial charge in [-0.1, -0.05) is 0 Å². The fraction of sp³-hybridized carbons (Fsp3) is 0.500. The molecule has 20 heavy (non-hydrogen) atoms. The second kappa shape index (κ2) is 4.52. The van der Waals surface area contributed by atoms with Gasteiger partial charge in [-0.3, -0.25) is 14.3 Å². The number of aromatic amines is 1. The number of nitrogens with zero attached hydrogens (tertiary/aromatic N) is 3. The molecule has 1 saturated heterocycles. The summed E-state index contributed by atoms with van der Waals surface area (Å²) in [5.41, 5.74) is 4.36. The molecule has 1 aliphatic rings. The molecule has 10 nitrogen and oxygen atoms in total. The van der Waals surface area contributed by atoms with Crippen LogP contribution in [0.5, 0.6) is 0 Å². The first-order valence-electron chi connectivity index (χ1n) is 7.43. The van der Waals surface area contributed by atoms with Gasteiger partial charge in [-0.2, -0.15) is 4.98 Å². The molecule has 3 rings (SSSR count). The van der Waals surface area contributed by atoms with E-state index < -0.39 is 36.6 Å². The van der Waals surface area contributed by atoms with Crippen LogP contribution in [0.2, 0.25) is 0 Å². The molecule has 0 spiro atoms. The van der Waals surface area contributed by atoms with Crippen molar-refractivity contribution >= 4 is 17.1 Å². The lowest BCUT2D eigenvalue weighted by Crippen LogP contribution is -2.33. The Balaban J connectivity index is 2.17. The number of aromatic nitrogens is 4. The van der Waals surface area contributed by atoms with E-state index in [9.17, 15) is 20.1 Å². The number of anilines is 1. The average molecular weight is 287 g/mol. The molecule has 0 saturated carbocycles. The highest BCUT2D eigenvalue weighted by Gasteiger charge is 2.44. The summed E-state index contributed by atoms with van der Waals surface area (Å²) in [6.45, 7) is -3.49. The number of ether oxygens (including phenoxy) is 1. The number of hydrogen-bond acceptors (Lipinski definition) is 8. The maximum atomic E-state index is 11.7. The van der Waals surface area contributed by atoms with Crippen LogP contribution in [-0.2, 0) is 4.74 Å². The first-order chi connectivity index (χ1) is 10.9. The Kier molecular flexibility index (Phi) is 2.04. The maximum Gasteiger partial charge on any atom is 0.280 e. The maximum absolute atomic E-state index is 11.7. The second-order valence-corrected chi connectivity index (χ2v) is 4.05. The predicted octanol–water partition coefficient (Wildman–Crippen LogP) is -2.69. The minimum absolute atomic E-state index is 0.182. The molecule has 6 N–H and O–H groups in total. The van der Waals surface area contributed by atoms with Crippen LogP contribution in [0.25, 0.3) is 11.2 Å². The highest BCUT2D eigenvalue weighted by Crippen LogP contribution is 2.30. The standard InChI is InChI=1S/C10H13N5O5/c11-10-13-7-4(8(19)14-10)12-2-15(7)9-6(18)5(17)3(1-16)20-9/h2-3,5-6,9,16-18H,1H2,(H3,11,13,14,19)/t3-,5-,6-,9-/m1/s1/i1D2,3D,5D. The van der Waals surface area contributed by atoms with Crippen LogP contribution in [0, 0.1) is 0 Å². The molecular formula is C10H13N5O5. The van der Waals surface area contributed by atoms with Crippen LogP contribution in [0.15, 0.2) is 11.1 Å². The topological polar surface area (TPSA) is 160 Å². The van der Waals surface area contributed by atoms with Gasteiger partial charge < -0.3 is 25.8 Å². The summed E-state index contributed by atoms with van der Waals surface area (Å²) in [6, 6.07) is 0. The molecule has 2 aromatic heterocycles. The third-order valence-electron chi connectivity index (χ3n) is 2.85.